The van der Waals surface area contributed by atoms with E-state index in [4.69, 9.17) is 0 Å². The minimum absolute atomic E-state index is 0.189. The van der Waals surface area contributed by atoms with Crippen LogP contribution in [0.1, 0.15) is 58.3 Å². The molecule has 1 aliphatic carbocycles. The zero-order valence-electron chi connectivity index (χ0n) is 15.7. The molecule has 0 saturated heterocycles. The van der Waals surface area contributed by atoms with Crippen LogP contribution in [0.2, 0.25) is 0 Å². The van der Waals surface area contributed by atoms with E-state index < -0.39 is 5.60 Å². The Hall–Kier alpha value is -1.46. The zero-order valence-corrected chi connectivity index (χ0v) is 17.3. The molecule has 0 fully saturated rings. The van der Waals surface area contributed by atoms with Gasteiger partial charge in [0.2, 0.25) is 0 Å². The summed E-state index contributed by atoms with van der Waals surface area (Å²) < 4.78 is 4.98. The number of allylic oxidation sites excluding steroid dienone is 5. The van der Waals surface area contributed by atoms with E-state index in [1.54, 1.807) is 18.2 Å². The Balaban J connectivity index is 2.62. The van der Waals surface area contributed by atoms with Gasteiger partial charge in [-0.2, -0.15) is 0 Å². The van der Waals surface area contributed by atoms with Gasteiger partial charge in [-0.1, -0.05) is 50.1 Å². The number of ether oxygens (including phenoxy) is 1. The first-order valence-electron chi connectivity index (χ1n) is 9.19. The molecule has 0 heterocycles. The lowest BCUT2D eigenvalue weighted by Crippen LogP contribution is -2.27. The van der Waals surface area contributed by atoms with E-state index in [1.807, 2.05) is 12.2 Å². The summed E-state index contributed by atoms with van der Waals surface area (Å²) in [5, 5.41) is 10.9. The number of carbonyl (C=O) groups excluding carboxylic acids is 2. The molecule has 0 saturated carbocycles. The monoisotopic (exact) mass is 424 g/mol. The van der Waals surface area contributed by atoms with Crippen molar-refractivity contribution in [1.82, 2.24) is 0 Å². The average Bonchev–Trinajstić information content (AvgIpc) is 2.83. The van der Waals surface area contributed by atoms with Crippen molar-refractivity contribution in [2.45, 2.75) is 63.9 Å². The number of aliphatic hydroxyl groups is 1. The van der Waals surface area contributed by atoms with Gasteiger partial charge in [0.05, 0.1) is 11.6 Å². The van der Waals surface area contributed by atoms with Crippen molar-refractivity contribution >= 4 is 27.7 Å². The third-order valence-electron chi connectivity index (χ3n) is 4.24. The summed E-state index contributed by atoms with van der Waals surface area (Å²) in [7, 11) is 1.37. The summed E-state index contributed by atoms with van der Waals surface area (Å²) in [6, 6.07) is 0. The quantitative estimate of drug-likeness (QED) is 0.221. The molecule has 0 aliphatic heterocycles. The predicted molar refractivity (Wildman–Crippen MR) is 108 cm³/mol. The van der Waals surface area contributed by atoms with Gasteiger partial charge in [-0.15, -0.1) is 0 Å². The summed E-state index contributed by atoms with van der Waals surface area (Å²) in [4.78, 5) is 23.3. The molecule has 1 atom stereocenters. The number of esters is 1. The maximum atomic E-state index is 12.3. The van der Waals surface area contributed by atoms with Crippen LogP contribution in [0.25, 0.3) is 0 Å². The number of Topliss-reactive ketones (excluding diaryl/α,β-unsaturated/α-hetero) is 1. The lowest BCUT2D eigenvalue weighted by molar-refractivity contribution is -0.140. The number of methoxy groups -OCH3 is 1. The van der Waals surface area contributed by atoms with Crippen LogP contribution in [0.3, 0.4) is 0 Å². The molecule has 26 heavy (non-hydrogen) atoms. The van der Waals surface area contributed by atoms with E-state index in [-0.39, 0.29) is 11.8 Å². The minimum Gasteiger partial charge on any atom is -0.469 e. The Morgan fingerprint density at radius 3 is 2.65 bits per heavy atom. The van der Waals surface area contributed by atoms with Crippen molar-refractivity contribution in [1.29, 1.82) is 0 Å². The van der Waals surface area contributed by atoms with Crippen molar-refractivity contribution < 1.29 is 19.4 Å². The number of rotatable bonds is 11. The number of carbonyl (C=O) groups is 2. The standard InChI is InChI=1S/C21H29BrO4/c1-3-4-5-6-9-12-15-21(25)16-18(22)20(24)17(21)13-10-7-8-11-14-19(23)26-2/h7,9-10,12-13,16,25H,3-6,8,11,14-15H2,1-2H3/b10-7+,12-9-,17-13+/t21-/m1/s1. The SMILES string of the molecule is CCCCC/C=C\C[C@@]1(O)C=C(Br)C(=O)/C1=C\C=C\CCCC(=O)OC. The number of halogens is 1. The summed E-state index contributed by atoms with van der Waals surface area (Å²) in [5.74, 6) is -0.415. The molecule has 0 aromatic carbocycles. The van der Waals surface area contributed by atoms with Crippen molar-refractivity contribution in [2.24, 2.45) is 0 Å². The lowest BCUT2D eigenvalue weighted by Gasteiger charge is -2.20. The first kappa shape index (κ1) is 22.6. The van der Waals surface area contributed by atoms with Crippen LogP contribution in [0.15, 0.2) is 46.5 Å². The molecule has 0 aromatic rings. The molecule has 5 heteroatoms. The van der Waals surface area contributed by atoms with Gasteiger partial charge >= 0.3 is 5.97 Å². The van der Waals surface area contributed by atoms with E-state index in [1.165, 1.54) is 20.0 Å². The highest BCUT2D eigenvalue weighted by molar-refractivity contribution is 9.12. The van der Waals surface area contributed by atoms with Gasteiger partial charge < -0.3 is 9.84 Å². The van der Waals surface area contributed by atoms with Crippen LogP contribution >= 0.6 is 15.9 Å². The predicted octanol–water partition coefficient (Wildman–Crippen LogP) is 4.93. The second-order valence-electron chi connectivity index (χ2n) is 6.39. The minimum atomic E-state index is -1.27. The highest BCUT2D eigenvalue weighted by Gasteiger charge is 2.39. The highest BCUT2D eigenvalue weighted by atomic mass is 79.9. The van der Waals surface area contributed by atoms with E-state index >= 15 is 0 Å². The van der Waals surface area contributed by atoms with Gasteiger partial charge in [-0.05, 0) is 47.7 Å². The maximum Gasteiger partial charge on any atom is 0.305 e. The third-order valence-corrected chi connectivity index (χ3v) is 4.83. The van der Waals surface area contributed by atoms with Crippen LogP contribution in [-0.2, 0) is 14.3 Å². The zero-order chi connectivity index (χ0) is 19.4. The Morgan fingerprint density at radius 2 is 1.96 bits per heavy atom. The van der Waals surface area contributed by atoms with E-state index in [0.717, 1.165) is 12.8 Å². The molecule has 0 bridgehead atoms. The second kappa shape index (κ2) is 12.0. The number of ketones is 1. The van der Waals surface area contributed by atoms with Gasteiger partial charge in [0, 0.05) is 18.4 Å². The largest absolute Gasteiger partial charge is 0.469 e. The van der Waals surface area contributed by atoms with Crippen LogP contribution < -0.4 is 0 Å². The summed E-state index contributed by atoms with van der Waals surface area (Å²) >= 11 is 3.23. The van der Waals surface area contributed by atoms with Crippen molar-refractivity contribution in [3.63, 3.8) is 0 Å². The third kappa shape index (κ3) is 7.42. The molecule has 0 spiro atoms. The fraction of sp³-hybridized carbons (Fsp3) is 0.524. The Labute approximate surface area is 164 Å². The molecular weight excluding hydrogens is 396 g/mol. The second-order valence-corrected chi connectivity index (χ2v) is 7.25. The average molecular weight is 425 g/mol. The van der Waals surface area contributed by atoms with Crippen LogP contribution in [0.4, 0.5) is 0 Å². The topological polar surface area (TPSA) is 63.6 Å². The molecule has 1 rings (SSSR count). The lowest BCUT2D eigenvalue weighted by atomic mass is 9.92. The van der Waals surface area contributed by atoms with Crippen molar-refractivity contribution in [3.05, 3.63) is 46.5 Å². The van der Waals surface area contributed by atoms with Crippen molar-refractivity contribution in [2.75, 3.05) is 7.11 Å². The summed E-state index contributed by atoms with van der Waals surface area (Å²) in [6.45, 7) is 2.17. The smallest absolute Gasteiger partial charge is 0.305 e. The molecule has 4 nitrogen and oxygen atoms in total. The number of unbranched alkanes of at least 4 members (excludes halogenated alkanes) is 4. The van der Waals surface area contributed by atoms with Gasteiger partial charge in [0.15, 0.2) is 5.78 Å². The van der Waals surface area contributed by atoms with Crippen LogP contribution in [0, 0.1) is 0 Å². The first-order chi connectivity index (χ1) is 12.4. The normalized spacial score (nSPS) is 21.9. The Morgan fingerprint density at radius 1 is 1.23 bits per heavy atom. The number of hydrogen-bond donors (Lipinski definition) is 1. The molecule has 0 amide bonds. The molecular formula is C21H29BrO4. The molecule has 144 valence electrons. The summed E-state index contributed by atoms with van der Waals surface area (Å²) in [6.07, 6.45) is 17.5. The highest BCUT2D eigenvalue weighted by Crippen LogP contribution is 2.36. The van der Waals surface area contributed by atoms with E-state index in [0.29, 0.717) is 35.7 Å². The molecule has 1 N–H and O–H groups in total. The molecule has 0 unspecified atom stereocenters. The van der Waals surface area contributed by atoms with Gasteiger partial charge in [-0.3, -0.25) is 9.59 Å². The van der Waals surface area contributed by atoms with Gasteiger partial charge in [0.1, 0.15) is 5.60 Å². The van der Waals surface area contributed by atoms with E-state index in [2.05, 4.69) is 33.7 Å². The van der Waals surface area contributed by atoms with Crippen LogP contribution in [-0.4, -0.2) is 29.6 Å². The van der Waals surface area contributed by atoms with E-state index in [9.17, 15) is 14.7 Å². The fourth-order valence-electron chi connectivity index (χ4n) is 2.69. The van der Waals surface area contributed by atoms with Gasteiger partial charge in [-0.25, -0.2) is 0 Å². The van der Waals surface area contributed by atoms with Crippen LogP contribution in [0.5, 0.6) is 0 Å². The molecule has 1 aliphatic rings. The van der Waals surface area contributed by atoms with Crippen molar-refractivity contribution in [3.8, 4) is 0 Å². The Bertz CT molecular complexity index is 601. The maximum absolute atomic E-state index is 12.3. The number of hydrogen-bond acceptors (Lipinski definition) is 4. The summed E-state index contributed by atoms with van der Waals surface area (Å²) in [5.41, 5.74) is -0.903. The fourth-order valence-corrected chi connectivity index (χ4v) is 3.28. The Kier molecular flexibility index (Phi) is 10.4. The first-order valence-corrected chi connectivity index (χ1v) is 9.98. The van der Waals surface area contributed by atoms with Gasteiger partial charge in [0.25, 0.3) is 0 Å². The molecule has 0 aromatic heterocycles. The molecule has 0 radical (unpaired) electrons.